The second-order valence-electron chi connectivity index (χ2n) is 18.7. The largest absolute Gasteiger partial charge is 0.497 e. The quantitative estimate of drug-likeness (QED) is 0.0194. The lowest BCUT2D eigenvalue weighted by atomic mass is 10.1. The molecule has 0 aliphatic carbocycles. The number of benzene rings is 2. The van der Waals surface area contributed by atoms with Crippen LogP contribution in [0.4, 0.5) is 11.4 Å². The maximum Gasteiger partial charge on any atom is 0.220 e. The number of nitrogens with zero attached hydrogens (tertiary/aromatic N) is 2. The molecule has 2 unspecified atom stereocenters. The standard InChI is InChI=1S/C55H87N11O6.2ClH/c1-42(65-48-40-46(71-3)38-44-20-14-34-63-54(44)48)18-12-32-59-50(67)22-24-52(69)61-36-16-30-57-27-9-7-5-6-8-26-56-28-10-11-29-58-31-17-37-62-53(70)25-23-51(68)60-33-13-19-43(2)66-49-41-47(72-4)39-45-21-15-35-64-55(45)49;;/h14-15,20-21,34-35,38-43,56-58,65-66H,5-13,16-19,22-33,36-37H2,1-4H3,(H,59,67)(H,60,68)(H,61,69)(H,62,70);2*1H. The summed E-state index contributed by atoms with van der Waals surface area (Å²) in [5, 5.41) is 31.3. The zero-order valence-corrected chi connectivity index (χ0v) is 46.3. The van der Waals surface area contributed by atoms with E-state index in [0.29, 0.717) is 26.2 Å². The number of unbranched alkanes of at least 4 members (excludes halogenated alkanes) is 5. The number of halogens is 2. The number of ether oxygens (including phenoxy) is 2. The molecule has 2 heterocycles. The van der Waals surface area contributed by atoms with Gasteiger partial charge in [-0.2, -0.15) is 0 Å². The fourth-order valence-electron chi connectivity index (χ4n) is 8.33. The van der Waals surface area contributed by atoms with Crippen LogP contribution in [-0.2, 0) is 19.2 Å². The Kier molecular flexibility index (Phi) is 35.2. The van der Waals surface area contributed by atoms with Crippen molar-refractivity contribution in [3.63, 3.8) is 0 Å². The summed E-state index contributed by atoms with van der Waals surface area (Å²) >= 11 is 0. The fourth-order valence-corrected chi connectivity index (χ4v) is 8.33. The Morgan fingerprint density at radius 2 is 0.770 bits per heavy atom. The molecule has 0 aliphatic rings. The number of hydrogen-bond acceptors (Lipinski definition) is 13. The van der Waals surface area contributed by atoms with Gasteiger partial charge in [-0.25, -0.2) is 0 Å². The van der Waals surface area contributed by atoms with Gasteiger partial charge in [-0.3, -0.25) is 29.1 Å². The first-order valence-corrected chi connectivity index (χ1v) is 26.7. The highest BCUT2D eigenvalue weighted by Crippen LogP contribution is 2.30. The lowest BCUT2D eigenvalue weighted by molar-refractivity contribution is -0.126. The molecular formula is C55H89Cl2N11O6. The zero-order chi connectivity index (χ0) is 51.4. The van der Waals surface area contributed by atoms with Crippen LogP contribution in [0.25, 0.3) is 21.8 Å². The number of rotatable bonds is 41. The molecular weight excluding hydrogens is 982 g/mol. The summed E-state index contributed by atoms with van der Waals surface area (Å²) in [6.45, 7) is 12.3. The molecule has 4 rings (SSSR count). The SMILES string of the molecule is COc1cc(NC(C)CCCNC(=O)CCC(=O)NCCCNCCCCCCCNCCCCNCCCNC(=O)CCC(=O)NCCCC(C)Nc2cc(OC)cc3cccnc23)c2ncccc2c1.Cl.Cl. The number of nitrogens with one attached hydrogen (secondary N) is 9. The average Bonchev–Trinajstić information content (AvgIpc) is 3.38. The number of amides is 4. The van der Waals surface area contributed by atoms with Crippen molar-refractivity contribution >= 4 is 81.6 Å². The van der Waals surface area contributed by atoms with E-state index in [4.69, 9.17) is 9.47 Å². The average molecular weight is 1070 g/mol. The molecule has 74 heavy (non-hydrogen) atoms. The summed E-state index contributed by atoms with van der Waals surface area (Å²) < 4.78 is 10.9. The van der Waals surface area contributed by atoms with E-state index in [2.05, 4.69) is 71.7 Å². The normalized spacial score (nSPS) is 11.7. The summed E-state index contributed by atoms with van der Waals surface area (Å²) in [7, 11) is 3.31. The molecule has 0 bridgehead atoms. The molecule has 414 valence electrons. The van der Waals surface area contributed by atoms with Gasteiger partial charge in [0, 0.05) is 99.2 Å². The van der Waals surface area contributed by atoms with Gasteiger partial charge in [0.05, 0.1) is 36.6 Å². The molecule has 2 aromatic carbocycles. The molecule has 4 amide bonds. The van der Waals surface area contributed by atoms with Crippen molar-refractivity contribution in [1.29, 1.82) is 0 Å². The highest BCUT2D eigenvalue weighted by molar-refractivity contribution is 5.93. The highest BCUT2D eigenvalue weighted by atomic mass is 35.5. The van der Waals surface area contributed by atoms with Crippen molar-refractivity contribution in [2.45, 2.75) is 135 Å². The van der Waals surface area contributed by atoms with E-state index in [9.17, 15) is 19.2 Å². The Morgan fingerprint density at radius 1 is 0.446 bits per heavy atom. The van der Waals surface area contributed by atoms with Crippen LogP contribution in [-0.4, -0.2) is 125 Å². The number of carbonyl (C=O) groups is 4. The Labute approximate surface area is 453 Å². The van der Waals surface area contributed by atoms with Crippen LogP contribution in [0.15, 0.2) is 60.9 Å². The predicted molar refractivity (Wildman–Crippen MR) is 306 cm³/mol. The van der Waals surface area contributed by atoms with Gasteiger partial charge in [0.25, 0.3) is 0 Å². The monoisotopic (exact) mass is 1070 g/mol. The molecule has 17 nitrogen and oxygen atoms in total. The van der Waals surface area contributed by atoms with Gasteiger partial charge in [0.1, 0.15) is 11.5 Å². The van der Waals surface area contributed by atoms with Crippen LogP contribution in [0, 0.1) is 0 Å². The third-order valence-electron chi connectivity index (χ3n) is 12.4. The Hall–Kier alpha value is -5.20. The van der Waals surface area contributed by atoms with Crippen LogP contribution in [0.2, 0.25) is 0 Å². The number of pyridine rings is 2. The molecule has 0 fully saturated rings. The third-order valence-corrected chi connectivity index (χ3v) is 12.4. The lowest BCUT2D eigenvalue weighted by Gasteiger charge is -2.17. The molecule has 2 atom stereocenters. The molecule has 9 N–H and O–H groups in total. The number of fused-ring (bicyclic) bond motifs is 2. The molecule has 0 aliphatic heterocycles. The number of methoxy groups -OCH3 is 2. The summed E-state index contributed by atoms with van der Waals surface area (Å²) in [4.78, 5) is 58.1. The van der Waals surface area contributed by atoms with Crippen molar-refractivity contribution < 1.29 is 28.7 Å². The molecule has 0 saturated heterocycles. The molecule has 0 saturated carbocycles. The minimum atomic E-state index is -0.0992. The van der Waals surface area contributed by atoms with E-state index < -0.39 is 0 Å². The van der Waals surface area contributed by atoms with Crippen molar-refractivity contribution in [1.82, 2.24) is 47.2 Å². The first-order valence-electron chi connectivity index (χ1n) is 26.7. The number of hydrogen-bond donors (Lipinski definition) is 9. The maximum absolute atomic E-state index is 12.3. The number of aromatic nitrogens is 2. The van der Waals surface area contributed by atoms with Gasteiger partial charge in [-0.1, -0.05) is 31.4 Å². The molecule has 2 aromatic heterocycles. The molecule has 4 aromatic rings. The van der Waals surface area contributed by atoms with Crippen LogP contribution >= 0.6 is 24.8 Å². The van der Waals surface area contributed by atoms with Crippen LogP contribution in [0.5, 0.6) is 11.5 Å². The first kappa shape index (κ1) is 64.9. The molecule has 19 heteroatoms. The van der Waals surface area contributed by atoms with E-state index in [0.717, 1.165) is 142 Å². The van der Waals surface area contributed by atoms with Gasteiger partial charge in [-0.05, 0) is 142 Å². The predicted octanol–water partition coefficient (Wildman–Crippen LogP) is 7.81. The van der Waals surface area contributed by atoms with Crippen LogP contribution in [0.1, 0.15) is 123 Å². The van der Waals surface area contributed by atoms with Gasteiger partial charge in [-0.15, -0.1) is 24.8 Å². The lowest BCUT2D eigenvalue weighted by Crippen LogP contribution is -2.30. The van der Waals surface area contributed by atoms with Crippen molar-refractivity contribution in [3.05, 3.63) is 60.9 Å². The maximum atomic E-state index is 12.3. The summed E-state index contributed by atoms with van der Waals surface area (Å²) in [6, 6.07) is 16.1. The summed E-state index contributed by atoms with van der Waals surface area (Å²) in [6.07, 6.45) is 17.7. The van der Waals surface area contributed by atoms with Crippen LogP contribution in [0.3, 0.4) is 0 Å². The van der Waals surface area contributed by atoms with E-state index in [1.807, 2.05) is 48.5 Å². The van der Waals surface area contributed by atoms with E-state index >= 15 is 0 Å². The first-order chi connectivity index (χ1) is 35.1. The van der Waals surface area contributed by atoms with E-state index in [1.54, 1.807) is 26.6 Å². The number of anilines is 2. The second-order valence-corrected chi connectivity index (χ2v) is 18.7. The topological polar surface area (TPSA) is 221 Å². The Balaban J connectivity index is 0.00000937. The van der Waals surface area contributed by atoms with Crippen molar-refractivity contribution in [2.24, 2.45) is 0 Å². The van der Waals surface area contributed by atoms with E-state index in [1.165, 1.54) is 25.7 Å². The summed E-state index contributed by atoms with van der Waals surface area (Å²) in [5.74, 6) is 1.19. The minimum absolute atomic E-state index is 0. The van der Waals surface area contributed by atoms with Gasteiger partial charge >= 0.3 is 0 Å². The third kappa shape index (κ3) is 27.9. The second kappa shape index (κ2) is 40.2. The molecule has 0 spiro atoms. The van der Waals surface area contributed by atoms with Crippen LogP contribution < -0.4 is 57.3 Å². The Bertz CT molecular complexity index is 2040. The van der Waals surface area contributed by atoms with Crippen molar-refractivity contribution in [3.8, 4) is 11.5 Å². The Morgan fingerprint density at radius 3 is 1.14 bits per heavy atom. The zero-order valence-electron chi connectivity index (χ0n) is 44.7. The fraction of sp³-hybridized carbons (Fsp3) is 0.600. The highest BCUT2D eigenvalue weighted by Gasteiger charge is 2.13. The van der Waals surface area contributed by atoms with Gasteiger partial charge in [0.15, 0.2) is 0 Å². The number of carbonyl (C=O) groups excluding carboxylic acids is 4. The minimum Gasteiger partial charge on any atom is -0.497 e. The van der Waals surface area contributed by atoms with Gasteiger partial charge in [0.2, 0.25) is 23.6 Å². The molecule has 0 radical (unpaired) electrons. The van der Waals surface area contributed by atoms with E-state index in [-0.39, 0.29) is 86.2 Å². The smallest absolute Gasteiger partial charge is 0.220 e. The van der Waals surface area contributed by atoms with Gasteiger partial charge < -0.3 is 57.3 Å². The van der Waals surface area contributed by atoms with Crippen molar-refractivity contribution in [2.75, 3.05) is 90.3 Å². The summed E-state index contributed by atoms with van der Waals surface area (Å²) in [5.41, 5.74) is 3.66.